The molecule has 0 aliphatic heterocycles. The Kier molecular flexibility index (Phi) is 4.03. The number of hydrogen-bond donors (Lipinski definition) is 1. The number of aryl methyl sites for hydroxylation is 1. The number of sulfonamides is 1. The minimum Gasteiger partial charge on any atom is -0.276 e. The van der Waals surface area contributed by atoms with Crippen molar-refractivity contribution >= 4 is 38.9 Å². The third kappa shape index (κ3) is 3.40. The molecule has 0 amide bonds. The van der Waals surface area contributed by atoms with Crippen LogP contribution in [-0.4, -0.2) is 18.2 Å². The van der Waals surface area contributed by atoms with E-state index in [1.54, 1.807) is 10.9 Å². The lowest BCUT2D eigenvalue weighted by Crippen LogP contribution is -2.12. The zero-order valence-corrected chi connectivity index (χ0v) is 12.3. The Bertz CT molecular complexity index is 677. The molecule has 1 aromatic heterocycles. The zero-order chi connectivity index (χ0) is 14.0. The number of hydrogen-bond acceptors (Lipinski definition) is 3. The van der Waals surface area contributed by atoms with Crippen LogP contribution in [0.5, 0.6) is 0 Å². The van der Waals surface area contributed by atoms with Crippen LogP contribution >= 0.6 is 23.2 Å². The summed E-state index contributed by atoms with van der Waals surface area (Å²) in [5.41, 5.74) is 0.387. The molecule has 0 spiro atoms. The topological polar surface area (TPSA) is 64.0 Å². The predicted molar refractivity (Wildman–Crippen MR) is 75.2 cm³/mol. The van der Waals surface area contributed by atoms with Gasteiger partial charge >= 0.3 is 0 Å². The lowest BCUT2D eigenvalue weighted by atomic mass is 10.4. The van der Waals surface area contributed by atoms with Crippen molar-refractivity contribution in [2.24, 2.45) is 0 Å². The van der Waals surface area contributed by atoms with Crippen molar-refractivity contribution in [3.63, 3.8) is 0 Å². The summed E-state index contributed by atoms with van der Waals surface area (Å²) in [5, 5.41) is 4.51. The quantitative estimate of drug-likeness (QED) is 0.942. The molecule has 1 aromatic carbocycles. The van der Waals surface area contributed by atoms with E-state index in [1.807, 2.05) is 6.92 Å². The van der Waals surface area contributed by atoms with Gasteiger partial charge in [-0.3, -0.25) is 9.40 Å². The fourth-order valence-corrected chi connectivity index (χ4v) is 3.24. The van der Waals surface area contributed by atoms with Crippen molar-refractivity contribution in [3.05, 3.63) is 40.6 Å². The molecule has 0 unspecified atom stereocenters. The van der Waals surface area contributed by atoms with Gasteiger partial charge in [-0.1, -0.05) is 23.2 Å². The summed E-state index contributed by atoms with van der Waals surface area (Å²) < 4.78 is 28.3. The maximum absolute atomic E-state index is 12.1. The van der Waals surface area contributed by atoms with Gasteiger partial charge in [0.2, 0.25) is 0 Å². The van der Waals surface area contributed by atoms with Crippen molar-refractivity contribution in [1.82, 2.24) is 9.78 Å². The number of rotatable bonds is 4. The van der Waals surface area contributed by atoms with E-state index >= 15 is 0 Å². The highest BCUT2D eigenvalue weighted by Gasteiger charge is 2.16. The van der Waals surface area contributed by atoms with Crippen LogP contribution in [0.4, 0.5) is 5.69 Å². The van der Waals surface area contributed by atoms with Crippen LogP contribution in [0.25, 0.3) is 0 Å². The van der Waals surface area contributed by atoms with Crippen LogP contribution < -0.4 is 4.72 Å². The Morgan fingerprint density at radius 3 is 2.42 bits per heavy atom. The lowest BCUT2D eigenvalue weighted by Gasteiger charge is -2.06. The Labute approximate surface area is 121 Å². The highest BCUT2D eigenvalue weighted by atomic mass is 35.5. The number of halogens is 2. The zero-order valence-electron chi connectivity index (χ0n) is 9.97. The molecule has 102 valence electrons. The molecule has 8 heteroatoms. The Balaban J connectivity index is 2.31. The van der Waals surface area contributed by atoms with Gasteiger partial charge in [0.15, 0.2) is 0 Å². The molecular formula is C11H11Cl2N3O2S. The average Bonchev–Trinajstić information content (AvgIpc) is 2.74. The summed E-state index contributed by atoms with van der Waals surface area (Å²) in [6.07, 6.45) is 3.04. The number of anilines is 1. The van der Waals surface area contributed by atoms with E-state index in [9.17, 15) is 8.42 Å². The standard InChI is InChI=1S/C11H11Cl2N3O2S/c1-2-16-7-10(6-14-16)15-19(17,18)11-4-8(12)3-9(13)5-11/h3-7,15H,2H2,1H3. The predicted octanol–water partition coefficient (Wildman–Crippen LogP) is 3.01. The molecule has 2 aromatic rings. The van der Waals surface area contributed by atoms with Crippen molar-refractivity contribution in [3.8, 4) is 0 Å². The molecule has 1 heterocycles. The van der Waals surface area contributed by atoms with Crippen molar-refractivity contribution < 1.29 is 8.42 Å². The number of nitrogens with zero attached hydrogens (tertiary/aromatic N) is 2. The molecule has 0 atom stereocenters. The van der Waals surface area contributed by atoms with Crippen LogP contribution in [0, 0.1) is 0 Å². The van der Waals surface area contributed by atoms with Crippen LogP contribution in [0.1, 0.15) is 6.92 Å². The van der Waals surface area contributed by atoms with Gasteiger partial charge in [0.25, 0.3) is 10.0 Å². The van der Waals surface area contributed by atoms with Gasteiger partial charge in [-0.05, 0) is 25.1 Å². The minimum atomic E-state index is -3.73. The molecule has 2 rings (SSSR count). The number of nitrogens with one attached hydrogen (secondary N) is 1. The fraction of sp³-hybridized carbons (Fsp3) is 0.182. The largest absolute Gasteiger partial charge is 0.276 e. The molecule has 0 bridgehead atoms. The summed E-state index contributed by atoms with van der Waals surface area (Å²) in [5.74, 6) is 0. The summed E-state index contributed by atoms with van der Waals surface area (Å²) in [6.45, 7) is 2.56. The third-order valence-electron chi connectivity index (χ3n) is 2.36. The first-order valence-electron chi connectivity index (χ1n) is 5.42. The van der Waals surface area contributed by atoms with E-state index in [2.05, 4.69) is 9.82 Å². The Hall–Kier alpha value is -1.24. The van der Waals surface area contributed by atoms with Crippen molar-refractivity contribution in [1.29, 1.82) is 0 Å². The van der Waals surface area contributed by atoms with Gasteiger partial charge in [-0.2, -0.15) is 5.10 Å². The molecule has 1 N–H and O–H groups in total. The minimum absolute atomic E-state index is 0.00856. The van der Waals surface area contributed by atoms with E-state index < -0.39 is 10.0 Å². The summed E-state index contributed by atoms with van der Waals surface area (Å²) in [7, 11) is -3.73. The molecule has 0 fully saturated rings. The lowest BCUT2D eigenvalue weighted by molar-refractivity contribution is 0.601. The van der Waals surface area contributed by atoms with Gasteiger partial charge < -0.3 is 0 Å². The van der Waals surface area contributed by atoms with Gasteiger partial charge in [-0.15, -0.1) is 0 Å². The molecular weight excluding hydrogens is 309 g/mol. The van der Waals surface area contributed by atoms with Crippen molar-refractivity contribution in [2.45, 2.75) is 18.4 Å². The van der Waals surface area contributed by atoms with Gasteiger partial charge in [-0.25, -0.2) is 8.42 Å². The van der Waals surface area contributed by atoms with Gasteiger partial charge in [0, 0.05) is 22.8 Å². The summed E-state index contributed by atoms with van der Waals surface area (Å²) in [4.78, 5) is 0.00856. The number of aromatic nitrogens is 2. The fourth-order valence-electron chi connectivity index (χ4n) is 1.49. The second kappa shape index (κ2) is 5.40. The third-order valence-corrected chi connectivity index (χ3v) is 4.15. The molecule has 0 saturated carbocycles. The second-order valence-corrected chi connectivity index (χ2v) is 6.35. The van der Waals surface area contributed by atoms with Crippen LogP contribution in [0.2, 0.25) is 10.0 Å². The highest BCUT2D eigenvalue weighted by molar-refractivity contribution is 7.92. The maximum atomic E-state index is 12.1. The highest BCUT2D eigenvalue weighted by Crippen LogP contribution is 2.23. The maximum Gasteiger partial charge on any atom is 0.262 e. The van der Waals surface area contributed by atoms with E-state index in [0.717, 1.165) is 0 Å². The molecule has 0 radical (unpaired) electrons. The summed E-state index contributed by atoms with van der Waals surface area (Å²) in [6, 6.07) is 4.14. The van der Waals surface area contributed by atoms with Crippen molar-refractivity contribution in [2.75, 3.05) is 4.72 Å². The van der Waals surface area contributed by atoms with Gasteiger partial charge in [0.1, 0.15) is 0 Å². The molecule has 0 aliphatic carbocycles. The first-order valence-corrected chi connectivity index (χ1v) is 7.66. The van der Waals surface area contributed by atoms with Crippen LogP contribution in [-0.2, 0) is 16.6 Å². The van der Waals surface area contributed by atoms with E-state index in [-0.39, 0.29) is 14.9 Å². The van der Waals surface area contributed by atoms with Crippen LogP contribution in [0.3, 0.4) is 0 Å². The second-order valence-electron chi connectivity index (χ2n) is 3.80. The summed E-state index contributed by atoms with van der Waals surface area (Å²) >= 11 is 11.6. The normalized spacial score (nSPS) is 11.5. The number of benzene rings is 1. The van der Waals surface area contributed by atoms with Crippen LogP contribution in [0.15, 0.2) is 35.5 Å². The SMILES string of the molecule is CCn1cc(NS(=O)(=O)c2cc(Cl)cc(Cl)c2)cn1. The first-order chi connectivity index (χ1) is 8.90. The van der Waals surface area contributed by atoms with E-state index in [1.165, 1.54) is 24.4 Å². The average molecular weight is 320 g/mol. The molecule has 5 nitrogen and oxygen atoms in total. The monoisotopic (exact) mass is 319 g/mol. The molecule has 19 heavy (non-hydrogen) atoms. The molecule has 0 saturated heterocycles. The molecule has 0 aliphatic rings. The Morgan fingerprint density at radius 1 is 1.26 bits per heavy atom. The van der Waals surface area contributed by atoms with E-state index in [4.69, 9.17) is 23.2 Å². The smallest absolute Gasteiger partial charge is 0.262 e. The van der Waals surface area contributed by atoms with Gasteiger partial charge in [0.05, 0.1) is 16.8 Å². The Morgan fingerprint density at radius 2 is 1.89 bits per heavy atom. The first kappa shape index (κ1) is 14.2. The van der Waals surface area contributed by atoms with E-state index in [0.29, 0.717) is 12.2 Å².